The molecule has 172 valence electrons. The van der Waals surface area contributed by atoms with Crippen LogP contribution in [0.2, 0.25) is 0 Å². The molecule has 2 heterocycles. The minimum atomic E-state index is -1.01. The Bertz CT molecular complexity index is 1340. The van der Waals surface area contributed by atoms with Gasteiger partial charge in [-0.15, -0.1) is 0 Å². The maximum Gasteiger partial charge on any atom is 0.337 e. The summed E-state index contributed by atoms with van der Waals surface area (Å²) in [7, 11) is 0. The Morgan fingerprint density at radius 2 is 1.82 bits per heavy atom. The molecule has 0 bridgehead atoms. The zero-order valence-electron chi connectivity index (χ0n) is 17.7. The monoisotopic (exact) mass is 477 g/mol. The Morgan fingerprint density at radius 1 is 1.03 bits per heavy atom. The number of aromatic nitrogens is 2. The minimum Gasteiger partial charge on any atom is -0.478 e. The van der Waals surface area contributed by atoms with Crippen LogP contribution in [0.4, 0.5) is 20.6 Å². The van der Waals surface area contributed by atoms with Gasteiger partial charge in [0, 0.05) is 34.4 Å². The molecule has 0 spiro atoms. The quantitative estimate of drug-likeness (QED) is 0.249. The predicted molar refractivity (Wildman–Crippen MR) is 128 cm³/mol. The van der Waals surface area contributed by atoms with Crippen molar-refractivity contribution in [3.8, 4) is 11.4 Å². The molecule has 0 atom stereocenters. The van der Waals surface area contributed by atoms with Crippen molar-refractivity contribution in [3.63, 3.8) is 0 Å². The maximum absolute atomic E-state index is 13.9. The van der Waals surface area contributed by atoms with Gasteiger partial charge in [-0.1, -0.05) is 17.8 Å². The molecule has 0 unspecified atom stereocenters. The number of carbonyl (C=O) groups is 2. The lowest BCUT2D eigenvalue weighted by molar-refractivity contribution is 0.0697. The van der Waals surface area contributed by atoms with Crippen LogP contribution < -0.4 is 16.4 Å². The smallest absolute Gasteiger partial charge is 0.337 e. The first kappa shape index (κ1) is 23.0. The van der Waals surface area contributed by atoms with Crippen LogP contribution in [0.5, 0.6) is 0 Å². The molecule has 0 aliphatic rings. The number of halogens is 1. The zero-order chi connectivity index (χ0) is 24.1. The van der Waals surface area contributed by atoms with Crippen molar-refractivity contribution in [3.05, 3.63) is 90.0 Å². The van der Waals surface area contributed by atoms with E-state index in [9.17, 15) is 14.0 Å². The summed E-state index contributed by atoms with van der Waals surface area (Å²) in [5.74, 6) is -1.56. The lowest BCUT2D eigenvalue weighted by atomic mass is 10.2. The molecule has 2 aromatic heterocycles. The van der Waals surface area contributed by atoms with Crippen LogP contribution in [-0.2, 0) is 6.54 Å². The number of carboxylic acid groups (broad SMARTS) is 1. The van der Waals surface area contributed by atoms with Crippen LogP contribution in [-0.4, -0.2) is 27.1 Å². The number of nitrogens with two attached hydrogens (primary N) is 1. The van der Waals surface area contributed by atoms with E-state index < -0.39 is 17.8 Å². The molecule has 0 aliphatic heterocycles. The standard InChI is InChI=1S/C24H20FN5O3S/c25-19-6-1-14(12-26)9-20(19)30-24(33)29-16-2-4-17(5-3-16)34-18-7-8-27-22(11-18)21-10-15(13-28-21)23(31)32/h1-11,13,28H,12,26H2,(H,31,32)(H2,29,30,33). The number of hydrogen-bond acceptors (Lipinski definition) is 5. The first-order chi connectivity index (χ1) is 16.4. The van der Waals surface area contributed by atoms with Crippen LogP contribution >= 0.6 is 11.8 Å². The predicted octanol–water partition coefficient (Wildman–Crippen LogP) is 5.17. The van der Waals surface area contributed by atoms with Crippen LogP contribution in [0, 0.1) is 5.82 Å². The van der Waals surface area contributed by atoms with E-state index >= 15 is 0 Å². The Balaban J connectivity index is 1.39. The van der Waals surface area contributed by atoms with E-state index in [1.54, 1.807) is 24.4 Å². The Morgan fingerprint density at radius 3 is 2.53 bits per heavy atom. The van der Waals surface area contributed by atoms with Crippen LogP contribution in [0.15, 0.2) is 82.8 Å². The fourth-order valence-corrected chi connectivity index (χ4v) is 3.95. The molecule has 10 heteroatoms. The molecule has 2 amide bonds. The first-order valence-electron chi connectivity index (χ1n) is 10.1. The number of urea groups is 1. The number of carbonyl (C=O) groups excluding carboxylic acids is 1. The average molecular weight is 478 g/mol. The number of nitrogens with one attached hydrogen (secondary N) is 3. The summed E-state index contributed by atoms with van der Waals surface area (Å²) in [6, 6.07) is 16.1. The van der Waals surface area contributed by atoms with Gasteiger partial charge in [0.1, 0.15) is 5.82 Å². The van der Waals surface area contributed by atoms with Crippen molar-refractivity contribution >= 4 is 35.1 Å². The highest BCUT2D eigenvalue weighted by Gasteiger charge is 2.10. The Labute approximate surface area is 198 Å². The largest absolute Gasteiger partial charge is 0.478 e. The molecule has 0 saturated carbocycles. The third-order valence-corrected chi connectivity index (χ3v) is 5.80. The van der Waals surface area contributed by atoms with Gasteiger partial charge in [0.25, 0.3) is 0 Å². The van der Waals surface area contributed by atoms with Crippen molar-refractivity contribution < 1.29 is 19.1 Å². The lowest BCUT2D eigenvalue weighted by Gasteiger charge is -2.10. The highest BCUT2D eigenvalue weighted by Crippen LogP contribution is 2.30. The van der Waals surface area contributed by atoms with Gasteiger partial charge in [0.2, 0.25) is 0 Å². The fraction of sp³-hybridized carbons (Fsp3) is 0.0417. The second-order valence-electron chi connectivity index (χ2n) is 7.21. The van der Waals surface area contributed by atoms with Crippen molar-refractivity contribution in [2.75, 3.05) is 10.6 Å². The average Bonchev–Trinajstić information content (AvgIpc) is 3.33. The molecular formula is C24H20FN5O3S. The summed E-state index contributed by atoms with van der Waals surface area (Å²) < 4.78 is 13.9. The molecule has 6 N–H and O–H groups in total. The number of hydrogen-bond donors (Lipinski definition) is 5. The third kappa shape index (κ3) is 5.61. The van der Waals surface area contributed by atoms with Crippen molar-refractivity contribution in [2.24, 2.45) is 5.73 Å². The second-order valence-corrected chi connectivity index (χ2v) is 8.35. The molecule has 34 heavy (non-hydrogen) atoms. The molecule has 2 aromatic carbocycles. The van der Waals surface area contributed by atoms with E-state index in [2.05, 4.69) is 20.6 Å². The topological polar surface area (TPSA) is 133 Å². The molecule has 0 aliphatic carbocycles. The van der Waals surface area contributed by atoms with Gasteiger partial charge in [0.15, 0.2) is 0 Å². The van der Waals surface area contributed by atoms with Crippen molar-refractivity contribution in [2.45, 2.75) is 16.3 Å². The summed E-state index contributed by atoms with van der Waals surface area (Å²) in [6.07, 6.45) is 3.07. The van der Waals surface area contributed by atoms with Crippen LogP contribution in [0.25, 0.3) is 11.4 Å². The number of aromatic amines is 1. The number of pyridine rings is 1. The summed E-state index contributed by atoms with van der Waals surface area (Å²) in [6.45, 7) is 0.239. The lowest BCUT2D eigenvalue weighted by Crippen LogP contribution is -2.20. The number of carboxylic acids is 1. The van der Waals surface area contributed by atoms with Gasteiger partial charge in [0.05, 0.1) is 22.6 Å². The number of aromatic carboxylic acids is 1. The van der Waals surface area contributed by atoms with E-state index in [0.717, 1.165) is 9.79 Å². The molecule has 4 rings (SSSR count). The summed E-state index contributed by atoms with van der Waals surface area (Å²) >= 11 is 1.49. The minimum absolute atomic E-state index is 0.0543. The molecule has 0 fully saturated rings. The number of anilines is 2. The Kier molecular flexibility index (Phi) is 6.90. The molecule has 0 radical (unpaired) electrons. The van der Waals surface area contributed by atoms with Crippen LogP contribution in [0.1, 0.15) is 15.9 Å². The van der Waals surface area contributed by atoms with E-state index in [0.29, 0.717) is 22.6 Å². The van der Waals surface area contributed by atoms with Crippen molar-refractivity contribution in [1.82, 2.24) is 9.97 Å². The molecular weight excluding hydrogens is 457 g/mol. The first-order valence-corrected chi connectivity index (χ1v) is 11.0. The number of amides is 2. The van der Waals surface area contributed by atoms with Gasteiger partial charge in [-0.05, 0) is 60.2 Å². The van der Waals surface area contributed by atoms with Gasteiger partial charge in [-0.3, -0.25) is 4.98 Å². The summed E-state index contributed by atoms with van der Waals surface area (Å²) in [4.78, 5) is 32.4. The van der Waals surface area contributed by atoms with Gasteiger partial charge in [-0.25, -0.2) is 14.0 Å². The molecule has 0 saturated heterocycles. The van der Waals surface area contributed by atoms with E-state index in [-0.39, 0.29) is 17.8 Å². The van der Waals surface area contributed by atoms with Gasteiger partial charge < -0.3 is 26.5 Å². The fourth-order valence-electron chi connectivity index (χ4n) is 3.11. The Hall–Kier alpha value is -4.15. The zero-order valence-corrected chi connectivity index (χ0v) is 18.5. The maximum atomic E-state index is 13.9. The van der Waals surface area contributed by atoms with Gasteiger partial charge in [-0.2, -0.15) is 0 Å². The van der Waals surface area contributed by atoms with E-state index in [4.69, 9.17) is 10.8 Å². The third-order valence-electron chi connectivity index (χ3n) is 4.80. The van der Waals surface area contributed by atoms with Crippen molar-refractivity contribution in [1.29, 1.82) is 0 Å². The highest BCUT2D eigenvalue weighted by atomic mass is 32.2. The summed E-state index contributed by atoms with van der Waals surface area (Å²) in [5.41, 5.74) is 8.26. The van der Waals surface area contributed by atoms with E-state index in [1.165, 1.54) is 36.2 Å². The highest BCUT2D eigenvalue weighted by molar-refractivity contribution is 7.99. The number of benzene rings is 2. The molecule has 4 aromatic rings. The number of H-pyrrole nitrogens is 1. The summed E-state index contributed by atoms with van der Waals surface area (Å²) in [5, 5.41) is 14.2. The SMILES string of the molecule is NCc1ccc(F)c(NC(=O)Nc2ccc(Sc3ccnc(-c4cc(C(=O)O)c[nH]4)c3)cc2)c1. The second kappa shape index (κ2) is 10.2. The van der Waals surface area contributed by atoms with Gasteiger partial charge >= 0.3 is 12.0 Å². The van der Waals surface area contributed by atoms with Crippen LogP contribution in [0.3, 0.4) is 0 Å². The normalized spacial score (nSPS) is 10.6. The molecule has 8 nitrogen and oxygen atoms in total. The number of rotatable bonds is 7. The number of nitrogens with zero attached hydrogens (tertiary/aromatic N) is 1. The van der Waals surface area contributed by atoms with E-state index in [1.807, 2.05) is 24.3 Å².